The van der Waals surface area contributed by atoms with E-state index in [4.69, 9.17) is 0 Å². The van der Waals surface area contributed by atoms with Crippen molar-refractivity contribution < 1.29 is 0 Å². The minimum atomic E-state index is -0.111. The van der Waals surface area contributed by atoms with Crippen LogP contribution >= 0.6 is 11.3 Å². The van der Waals surface area contributed by atoms with Crippen molar-refractivity contribution in [1.29, 1.82) is 0 Å². The Bertz CT molecular complexity index is 475. The fourth-order valence-electron chi connectivity index (χ4n) is 1.14. The first kappa shape index (κ1) is 9.08. The van der Waals surface area contributed by atoms with Crippen LogP contribution in [0, 0.1) is 0 Å². The third kappa shape index (κ3) is 1.72. The number of H-pyrrole nitrogens is 1. The summed E-state index contributed by atoms with van der Waals surface area (Å²) >= 11 is 1.46. The minimum Gasteiger partial charge on any atom is -0.306 e. The van der Waals surface area contributed by atoms with Crippen molar-refractivity contribution in [2.24, 2.45) is 0 Å². The molecule has 2 aromatic rings. The van der Waals surface area contributed by atoms with Gasteiger partial charge in [0.15, 0.2) is 5.82 Å². The van der Waals surface area contributed by atoms with Crippen LogP contribution in [0.5, 0.6) is 0 Å². The van der Waals surface area contributed by atoms with Crippen molar-refractivity contribution >= 4 is 11.3 Å². The number of hydrogen-bond acceptors (Lipinski definition) is 4. The average Bonchev–Trinajstić information content (AvgIpc) is 2.69. The number of thiazole rings is 1. The maximum Gasteiger partial charge on any atom is 0.251 e. The van der Waals surface area contributed by atoms with E-state index < -0.39 is 0 Å². The van der Waals surface area contributed by atoms with Crippen molar-refractivity contribution in [3.63, 3.8) is 0 Å². The zero-order valence-electron chi connectivity index (χ0n) is 7.65. The van der Waals surface area contributed by atoms with Gasteiger partial charge in [-0.25, -0.2) is 4.98 Å². The maximum atomic E-state index is 11.3. The molecule has 14 heavy (non-hydrogen) atoms. The lowest BCUT2D eigenvalue weighted by Gasteiger charge is -1.98. The van der Waals surface area contributed by atoms with Crippen molar-refractivity contribution in [1.82, 2.24) is 15.0 Å². The molecule has 2 heterocycles. The first-order valence-electron chi connectivity index (χ1n) is 4.28. The predicted molar refractivity (Wildman–Crippen MR) is 55.3 cm³/mol. The second-order valence-corrected chi connectivity index (χ2v) is 3.69. The molecule has 72 valence electrons. The molecular formula is C9H9N3OS. The lowest BCUT2D eigenvalue weighted by molar-refractivity contribution is 0.989. The summed E-state index contributed by atoms with van der Waals surface area (Å²) in [4.78, 5) is 23.1. The van der Waals surface area contributed by atoms with E-state index in [2.05, 4.69) is 15.0 Å². The number of nitrogens with one attached hydrogen (secondary N) is 1. The van der Waals surface area contributed by atoms with E-state index in [1.165, 1.54) is 17.4 Å². The smallest absolute Gasteiger partial charge is 0.251 e. The van der Waals surface area contributed by atoms with E-state index in [0.717, 1.165) is 17.0 Å². The minimum absolute atomic E-state index is 0.111. The first-order valence-corrected chi connectivity index (χ1v) is 5.16. The van der Waals surface area contributed by atoms with Crippen LogP contribution < -0.4 is 5.56 Å². The second-order valence-electron chi connectivity index (χ2n) is 2.80. The monoisotopic (exact) mass is 207 g/mol. The van der Waals surface area contributed by atoms with Crippen LogP contribution in [0.2, 0.25) is 0 Å². The highest BCUT2D eigenvalue weighted by molar-refractivity contribution is 7.13. The number of nitrogens with zero attached hydrogens (tertiary/aromatic N) is 2. The van der Waals surface area contributed by atoms with Gasteiger partial charge in [0.2, 0.25) is 0 Å². The van der Waals surface area contributed by atoms with Gasteiger partial charge in [-0.3, -0.25) is 9.78 Å². The summed E-state index contributed by atoms with van der Waals surface area (Å²) < 4.78 is 0. The summed E-state index contributed by atoms with van der Waals surface area (Å²) in [7, 11) is 0. The molecule has 0 amide bonds. The molecule has 1 N–H and O–H groups in total. The number of aromatic amines is 1. The molecule has 0 bridgehead atoms. The molecule has 0 atom stereocenters. The average molecular weight is 207 g/mol. The number of aryl methyl sites for hydroxylation is 1. The molecule has 2 rings (SSSR count). The first-order chi connectivity index (χ1) is 6.79. The van der Waals surface area contributed by atoms with E-state index in [9.17, 15) is 4.79 Å². The van der Waals surface area contributed by atoms with Gasteiger partial charge in [0.25, 0.3) is 5.56 Å². The molecular weight excluding hydrogens is 198 g/mol. The van der Waals surface area contributed by atoms with Gasteiger partial charge < -0.3 is 4.98 Å². The lowest BCUT2D eigenvalue weighted by atomic mass is 10.3. The van der Waals surface area contributed by atoms with Gasteiger partial charge in [0.1, 0.15) is 0 Å². The van der Waals surface area contributed by atoms with E-state index in [1.54, 1.807) is 11.7 Å². The Kier molecular flexibility index (Phi) is 2.41. The molecule has 0 aliphatic rings. The summed E-state index contributed by atoms with van der Waals surface area (Å²) in [5.74, 6) is 0.608. The normalized spacial score (nSPS) is 10.4. The standard InChI is InChI=1S/C9H9N3OS/c1-2-6-3-8(13)12-9(11-6)7-4-10-5-14-7/h3-5H,2H2,1H3,(H,11,12,13). The van der Waals surface area contributed by atoms with Gasteiger partial charge >= 0.3 is 0 Å². The second kappa shape index (κ2) is 3.71. The summed E-state index contributed by atoms with van der Waals surface area (Å²) in [6.45, 7) is 1.97. The predicted octanol–water partition coefficient (Wildman–Crippen LogP) is 1.46. The Balaban J connectivity index is 2.54. The van der Waals surface area contributed by atoms with Crippen molar-refractivity contribution in [3.8, 4) is 10.7 Å². The molecule has 4 nitrogen and oxygen atoms in total. The van der Waals surface area contributed by atoms with Gasteiger partial charge in [-0.1, -0.05) is 6.92 Å². The van der Waals surface area contributed by atoms with Gasteiger partial charge in [0.05, 0.1) is 10.4 Å². The fourth-order valence-corrected chi connectivity index (χ4v) is 1.70. The fraction of sp³-hybridized carbons (Fsp3) is 0.222. The molecule has 2 aromatic heterocycles. The highest BCUT2D eigenvalue weighted by Gasteiger charge is 2.03. The van der Waals surface area contributed by atoms with E-state index >= 15 is 0 Å². The molecule has 0 aromatic carbocycles. The van der Waals surface area contributed by atoms with Gasteiger partial charge in [0, 0.05) is 18.0 Å². The lowest BCUT2D eigenvalue weighted by Crippen LogP contribution is -2.09. The summed E-state index contributed by atoms with van der Waals surface area (Å²) in [6.07, 6.45) is 2.46. The van der Waals surface area contributed by atoms with E-state index in [0.29, 0.717) is 5.82 Å². The molecule has 5 heteroatoms. The molecule has 0 saturated carbocycles. The van der Waals surface area contributed by atoms with Crippen LogP contribution in [0.25, 0.3) is 10.7 Å². The SMILES string of the molecule is CCc1cc(=O)[nH]c(-c2cncs2)n1. The largest absolute Gasteiger partial charge is 0.306 e. The topological polar surface area (TPSA) is 58.6 Å². The zero-order valence-corrected chi connectivity index (χ0v) is 8.47. The van der Waals surface area contributed by atoms with Crippen molar-refractivity contribution in [2.45, 2.75) is 13.3 Å². The third-order valence-electron chi connectivity index (χ3n) is 1.82. The number of hydrogen-bond donors (Lipinski definition) is 1. The quantitative estimate of drug-likeness (QED) is 0.811. The Hall–Kier alpha value is -1.49. The van der Waals surface area contributed by atoms with Crippen LogP contribution in [-0.4, -0.2) is 15.0 Å². The maximum absolute atomic E-state index is 11.3. The Morgan fingerprint density at radius 2 is 2.43 bits per heavy atom. The van der Waals surface area contributed by atoms with Crippen molar-refractivity contribution in [3.05, 3.63) is 33.8 Å². The molecule has 0 spiro atoms. The molecule has 0 fully saturated rings. The summed E-state index contributed by atoms with van der Waals surface area (Å²) in [6, 6.07) is 1.52. The molecule has 0 radical (unpaired) electrons. The van der Waals surface area contributed by atoms with Crippen molar-refractivity contribution in [2.75, 3.05) is 0 Å². The van der Waals surface area contributed by atoms with Crippen LogP contribution in [0.3, 0.4) is 0 Å². The molecule has 0 unspecified atom stereocenters. The van der Waals surface area contributed by atoms with Gasteiger partial charge in [-0.15, -0.1) is 11.3 Å². The van der Waals surface area contributed by atoms with E-state index in [1.807, 2.05) is 6.92 Å². The molecule has 0 aliphatic heterocycles. The van der Waals surface area contributed by atoms with E-state index in [-0.39, 0.29) is 5.56 Å². The highest BCUT2D eigenvalue weighted by Crippen LogP contribution is 2.17. The summed E-state index contributed by atoms with van der Waals surface area (Å²) in [5.41, 5.74) is 2.41. The summed E-state index contributed by atoms with van der Waals surface area (Å²) in [5, 5.41) is 0. The van der Waals surface area contributed by atoms with Crippen LogP contribution in [0.1, 0.15) is 12.6 Å². The third-order valence-corrected chi connectivity index (χ3v) is 2.60. The molecule has 0 saturated heterocycles. The van der Waals surface area contributed by atoms with Gasteiger partial charge in [-0.05, 0) is 6.42 Å². The van der Waals surface area contributed by atoms with Crippen LogP contribution in [0.4, 0.5) is 0 Å². The van der Waals surface area contributed by atoms with Gasteiger partial charge in [-0.2, -0.15) is 0 Å². The highest BCUT2D eigenvalue weighted by atomic mass is 32.1. The number of rotatable bonds is 2. The Morgan fingerprint density at radius 3 is 3.07 bits per heavy atom. The Morgan fingerprint density at radius 1 is 1.57 bits per heavy atom. The van der Waals surface area contributed by atoms with Crippen LogP contribution in [-0.2, 0) is 6.42 Å². The van der Waals surface area contributed by atoms with Crippen LogP contribution in [0.15, 0.2) is 22.6 Å². The zero-order chi connectivity index (χ0) is 9.97. The number of aromatic nitrogens is 3. The Labute approximate surface area is 84.7 Å². The molecule has 0 aliphatic carbocycles.